The van der Waals surface area contributed by atoms with Gasteiger partial charge < -0.3 is 9.73 Å². The summed E-state index contributed by atoms with van der Waals surface area (Å²) in [5, 5.41) is 10.1. The van der Waals surface area contributed by atoms with Crippen LogP contribution in [0, 0.1) is 5.82 Å². The zero-order chi connectivity index (χ0) is 20.4. The summed E-state index contributed by atoms with van der Waals surface area (Å²) in [5.41, 5.74) is 1.21. The number of hydrogen-bond donors (Lipinski definition) is 1. The molecule has 150 valence electrons. The molecule has 29 heavy (non-hydrogen) atoms. The van der Waals surface area contributed by atoms with Crippen molar-refractivity contribution in [2.75, 3.05) is 18.4 Å². The first-order chi connectivity index (χ1) is 13.9. The lowest BCUT2D eigenvalue weighted by Gasteiger charge is -2.16. The van der Waals surface area contributed by atoms with Crippen molar-refractivity contribution in [3.05, 3.63) is 60.2 Å². The van der Waals surface area contributed by atoms with Crippen LogP contribution < -0.4 is 5.32 Å². The van der Waals surface area contributed by atoms with Crippen LogP contribution in [0.15, 0.2) is 58.2 Å². The van der Waals surface area contributed by atoms with Gasteiger partial charge in [-0.2, -0.15) is 4.31 Å². The average Bonchev–Trinajstić information content (AvgIpc) is 3.43. The third-order valence-electron chi connectivity index (χ3n) is 4.63. The van der Waals surface area contributed by atoms with Crippen molar-refractivity contribution < 1.29 is 22.0 Å². The van der Waals surface area contributed by atoms with E-state index in [4.69, 9.17) is 4.42 Å². The number of halogens is 1. The molecule has 0 radical (unpaired) electrons. The first-order valence-electron chi connectivity index (χ1n) is 8.93. The van der Waals surface area contributed by atoms with Gasteiger partial charge in [-0.1, -0.05) is 0 Å². The number of nitrogens with one attached hydrogen (secondary N) is 1. The lowest BCUT2D eigenvalue weighted by molar-refractivity contribution is 0.102. The van der Waals surface area contributed by atoms with Crippen LogP contribution in [0.5, 0.6) is 0 Å². The highest BCUT2D eigenvalue weighted by Gasteiger charge is 2.30. The van der Waals surface area contributed by atoms with Crippen LogP contribution >= 0.6 is 0 Å². The van der Waals surface area contributed by atoms with Crippen LogP contribution in [0.3, 0.4) is 0 Å². The minimum Gasteiger partial charge on any atom is -0.423 e. The van der Waals surface area contributed by atoms with Gasteiger partial charge in [0.2, 0.25) is 22.3 Å². The van der Waals surface area contributed by atoms with Gasteiger partial charge in [-0.3, -0.25) is 4.79 Å². The van der Waals surface area contributed by atoms with E-state index in [0.717, 1.165) is 25.0 Å². The number of carbonyl (C=O) groups is 1. The Morgan fingerprint density at radius 2 is 1.83 bits per heavy atom. The van der Waals surface area contributed by atoms with Crippen molar-refractivity contribution in [3.63, 3.8) is 0 Å². The molecule has 1 aliphatic rings. The molecule has 1 aliphatic heterocycles. The quantitative estimate of drug-likeness (QED) is 0.686. The van der Waals surface area contributed by atoms with E-state index in [1.165, 1.54) is 16.8 Å². The molecule has 1 N–H and O–H groups in total. The number of nitrogens with zero attached hydrogens (tertiary/aromatic N) is 3. The maximum absolute atomic E-state index is 14.2. The van der Waals surface area contributed by atoms with Crippen molar-refractivity contribution >= 4 is 21.6 Å². The maximum Gasteiger partial charge on any atom is 0.255 e. The third-order valence-corrected chi connectivity index (χ3v) is 6.54. The number of anilines is 1. The van der Waals surface area contributed by atoms with E-state index in [1.54, 1.807) is 24.3 Å². The highest BCUT2D eigenvalue weighted by atomic mass is 32.2. The lowest BCUT2D eigenvalue weighted by atomic mass is 10.1. The second kappa shape index (κ2) is 7.72. The molecular formula is C19H17FN4O4S. The number of sulfonamides is 1. The van der Waals surface area contributed by atoms with Gasteiger partial charge in [0.1, 0.15) is 10.7 Å². The first kappa shape index (κ1) is 19.2. The zero-order valence-electron chi connectivity index (χ0n) is 15.2. The molecule has 8 nitrogen and oxygen atoms in total. The number of benzene rings is 2. The number of carbonyl (C=O) groups excluding carboxylic acids is 1. The summed E-state index contributed by atoms with van der Waals surface area (Å²) >= 11 is 0. The summed E-state index contributed by atoms with van der Waals surface area (Å²) in [7, 11) is -3.97. The van der Waals surface area contributed by atoms with Crippen LogP contribution in [0.4, 0.5) is 10.1 Å². The summed E-state index contributed by atoms with van der Waals surface area (Å²) in [4.78, 5) is 12.1. The first-order valence-corrected chi connectivity index (χ1v) is 10.4. The Kier molecular flexibility index (Phi) is 5.12. The number of amides is 1. The van der Waals surface area contributed by atoms with Crippen LogP contribution in [0.25, 0.3) is 11.5 Å². The molecule has 1 fully saturated rings. The predicted octanol–water partition coefficient (Wildman–Crippen LogP) is 2.91. The topological polar surface area (TPSA) is 105 Å². The van der Waals surface area contributed by atoms with Gasteiger partial charge in [0.05, 0.1) is 0 Å². The molecule has 0 spiro atoms. The van der Waals surface area contributed by atoms with E-state index in [-0.39, 0.29) is 5.56 Å². The van der Waals surface area contributed by atoms with Gasteiger partial charge in [-0.05, 0) is 55.3 Å². The third kappa shape index (κ3) is 3.89. The Morgan fingerprint density at radius 1 is 1.10 bits per heavy atom. The molecule has 1 aromatic heterocycles. The molecule has 2 aromatic carbocycles. The maximum atomic E-state index is 14.2. The van der Waals surface area contributed by atoms with Crippen LogP contribution in [-0.2, 0) is 10.0 Å². The van der Waals surface area contributed by atoms with Crippen molar-refractivity contribution in [1.82, 2.24) is 14.5 Å². The van der Waals surface area contributed by atoms with Crippen molar-refractivity contribution in [2.45, 2.75) is 17.7 Å². The Hall–Kier alpha value is -3.11. The van der Waals surface area contributed by atoms with E-state index < -0.39 is 26.6 Å². The van der Waals surface area contributed by atoms with Crippen LogP contribution in [0.2, 0.25) is 0 Å². The van der Waals surface area contributed by atoms with Crippen molar-refractivity contribution in [3.8, 4) is 11.5 Å². The molecule has 0 bridgehead atoms. The van der Waals surface area contributed by atoms with Crippen molar-refractivity contribution in [2.24, 2.45) is 0 Å². The minimum absolute atomic E-state index is 0.0464. The fourth-order valence-electron chi connectivity index (χ4n) is 3.11. The second-order valence-corrected chi connectivity index (χ2v) is 8.44. The van der Waals surface area contributed by atoms with E-state index in [2.05, 4.69) is 15.5 Å². The average molecular weight is 416 g/mol. The lowest BCUT2D eigenvalue weighted by Crippen LogP contribution is -2.29. The van der Waals surface area contributed by atoms with Gasteiger partial charge in [0, 0.05) is 29.9 Å². The van der Waals surface area contributed by atoms with E-state index in [9.17, 15) is 17.6 Å². The summed E-state index contributed by atoms with van der Waals surface area (Å²) in [6, 6.07) is 9.99. The van der Waals surface area contributed by atoms with Gasteiger partial charge in [0.25, 0.3) is 5.91 Å². The molecule has 0 unspecified atom stereocenters. The van der Waals surface area contributed by atoms with E-state index in [0.29, 0.717) is 30.2 Å². The monoisotopic (exact) mass is 416 g/mol. The van der Waals surface area contributed by atoms with Crippen LogP contribution in [0.1, 0.15) is 23.2 Å². The Bertz CT molecular complexity index is 1130. The van der Waals surface area contributed by atoms with E-state index in [1.807, 2.05) is 0 Å². The Labute approximate surface area is 166 Å². The Morgan fingerprint density at radius 3 is 2.48 bits per heavy atom. The molecule has 1 saturated heterocycles. The number of aromatic nitrogens is 2. The number of rotatable bonds is 5. The fraction of sp³-hybridized carbons (Fsp3) is 0.211. The van der Waals surface area contributed by atoms with Crippen molar-refractivity contribution in [1.29, 1.82) is 0 Å². The normalized spacial score (nSPS) is 14.8. The molecule has 3 aromatic rings. The molecule has 0 atom stereocenters. The number of hydrogen-bond acceptors (Lipinski definition) is 6. The summed E-state index contributed by atoms with van der Waals surface area (Å²) < 4.78 is 45.9. The van der Waals surface area contributed by atoms with E-state index >= 15 is 0 Å². The summed E-state index contributed by atoms with van der Waals surface area (Å²) in [6.07, 6.45) is 2.69. The van der Waals surface area contributed by atoms with Gasteiger partial charge in [0.15, 0.2) is 0 Å². The molecule has 1 amide bonds. The zero-order valence-corrected chi connectivity index (χ0v) is 16.0. The van der Waals surface area contributed by atoms with Crippen LogP contribution in [-0.4, -0.2) is 41.9 Å². The molecular weight excluding hydrogens is 399 g/mol. The summed E-state index contributed by atoms with van der Waals surface area (Å²) in [6.45, 7) is 0.704. The van der Waals surface area contributed by atoms with Gasteiger partial charge in [-0.15, -0.1) is 10.2 Å². The smallest absolute Gasteiger partial charge is 0.255 e. The van der Waals surface area contributed by atoms with Gasteiger partial charge in [-0.25, -0.2) is 12.8 Å². The molecule has 2 heterocycles. The highest BCUT2D eigenvalue weighted by molar-refractivity contribution is 7.89. The standard InChI is InChI=1S/C19H17FN4O4S/c20-16-8-5-14(11-17(16)29(26,27)24-9-1-2-10-24)18(25)22-15-6-3-13(4-7-15)19-23-21-12-28-19/h3-8,11-12H,1-2,9-10H2,(H,22,25). The fourth-order valence-corrected chi connectivity index (χ4v) is 4.72. The molecule has 0 aliphatic carbocycles. The predicted molar refractivity (Wildman–Crippen MR) is 102 cm³/mol. The molecule has 4 rings (SSSR count). The summed E-state index contributed by atoms with van der Waals surface area (Å²) in [5.74, 6) is -1.08. The second-order valence-electron chi connectivity index (χ2n) is 6.53. The van der Waals surface area contributed by atoms with Gasteiger partial charge >= 0.3 is 0 Å². The SMILES string of the molecule is O=C(Nc1ccc(-c2nnco2)cc1)c1ccc(F)c(S(=O)(=O)N2CCCC2)c1. The highest BCUT2D eigenvalue weighted by Crippen LogP contribution is 2.25. The largest absolute Gasteiger partial charge is 0.423 e. The minimum atomic E-state index is -3.97. The Balaban J connectivity index is 1.55. The molecule has 10 heteroatoms. The molecule has 0 saturated carbocycles.